The summed E-state index contributed by atoms with van der Waals surface area (Å²) in [6.07, 6.45) is 0.452. The van der Waals surface area contributed by atoms with Crippen molar-refractivity contribution < 1.29 is 9.53 Å². The molecule has 0 aromatic heterocycles. The Balaban J connectivity index is 1.99. The van der Waals surface area contributed by atoms with Crippen LogP contribution in [0.25, 0.3) is 0 Å². The summed E-state index contributed by atoms with van der Waals surface area (Å²) >= 11 is 3.76. The van der Waals surface area contributed by atoms with Gasteiger partial charge in [0.2, 0.25) is 5.91 Å². The van der Waals surface area contributed by atoms with Gasteiger partial charge in [-0.3, -0.25) is 4.79 Å². The fraction of sp³-hybridized carbons (Fsp3) is 0.235. The number of aryl methyl sites for hydroxylation is 1. The van der Waals surface area contributed by atoms with Gasteiger partial charge in [0.25, 0.3) is 0 Å². The molecule has 3 rings (SSSR count). The van der Waals surface area contributed by atoms with Gasteiger partial charge in [0.05, 0.1) is 18.4 Å². The number of carbonyl (C=O) groups excluding carboxylic acids is 1. The van der Waals surface area contributed by atoms with Gasteiger partial charge in [0.15, 0.2) is 0 Å². The van der Waals surface area contributed by atoms with Crippen LogP contribution in [0.1, 0.15) is 27.1 Å². The normalized spacial score (nSPS) is 14.5. The predicted octanol–water partition coefficient (Wildman–Crippen LogP) is 3.98. The Morgan fingerprint density at radius 3 is 2.81 bits per heavy atom. The van der Waals surface area contributed by atoms with Crippen LogP contribution in [0.15, 0.2) is 36.4 Å². The molecule has 0 bridgehead atoms. The van der Waals surface area contributed by atoms with E-state index in [0.717, 1.165) is 28.1 Å². The fourth-order valence-corrected chi connectivity index (χ4v) is 3.28. The number of alkyl halides is 1. The quantitative estimate of drug-likeness (QED) is 0.854. The van der Waals surface area contributed by atoms with Gasteiger partial charge < -0.3 is 10.1 Å². The summed E-state index contributed by atoms with van der Waals surface area (Å²) in [4.78, 5) is 11.5. The van der Waals surface area contributed by atoms with Crippen molar-refractivity contribution in [3.05, 3.63) is 58.7 Å². The number of rotatable bonds is 3. The predicted molar refractivity (Wildman–Crippen MR) is 87.3 cm³/mol. The smallest absolute Gasteiger partial charge is 0.228 e. The molecule has 1 N–H and O–H groups in total. The average Bonchev–Trinajstić information content (AvgIpc) is 2.85. The fourth-order valence-electron chi connectivity index (χ4n) is 2.64. The number of hydrogen-bond acceptors (Lipinski definition) is 2. The second-order valence-corrected chi connectivity index (χ2v) is 6.17. The molecule has 0 saturated heterocycles. The molecule has 4 heteroatoms. The average molecular weight is 346 g/mol. The number of amides is 1. The van der Waals surface area contributed by atoms with E-state index in [4.69, 9.17) is 4.74 Å². The molecule has 1 atom stereocenters. The first-order valence-corrected chi connectivity index (χ1v) is 7.71. The van der Waals surface area contributed by atoms with Gasteiger partial charge in [-0.1, -0.05) is 45.8 Å². The van der Waals surface area contributed by atoms with E-state index in [9.17, 15) is 4.79 Å². The van der Waals surface area contributed by atoms with E-state index in [1.807, 2.05) is 24.3 Å². The maximum atomic E-state index is 11.5. The van der Waals surface area contributed by atoms with Crippen LogP contribution in [0.3, 0.4) is 0 Å². The van der Waals surface area contributed by atoms with E-state index in [-0.39, 0.29) is 10.7 Å². The first kappa shape index (κ1) is 14.1. The van der Waals surface area contributed by atoms with E-state index in [0.29, 0.717) is 6.42 Å². The molecular formula is C17H16BrNO2. The van der Waals surface area contributed by atoms with Crippen molar-refractivity contribution in [1.29, 1.82) is 0 Å². The van der Waals surface area contributed by atoms with Gasteiger partial charge in [0, 0.05) is 11.3 Å². The number of methoxy groups -OCH3 is 1. The summed E-state index contributed by atoms with van der Waals surface area (Å²) in [6, 6.07) is 12.2. The molecule has 1 unspecified atom stereocenters. The molecule has 0 fully saturated rings. The lowest BCUT2D eigenvalue weighted by Crippen LogP contribution is -2.03. The van der Waals surface area contributed by atoms with Crippen LogP contribution in [0.5, 0.6) is 5.75 Å². The SMILES string of the molecule is COc1ccc(C)cc1C(Br)c1ccc2c(c1)CC(=O)N2. The second kappa shape index (κ2) is 5.53. The molecule has 3 nitrogen and oxygen atoms in total. The molecule has 108 valence electrons. The Labute approximate surface area is 132 Å². The van der Waals surface area contributed by atoms with Gasteiger partial charge in [-0.15, -0.1) is 0 Å². The lowest BCUT2D eigenvalue weighted by atomic mass is 9.99. The highest BCUT2D eigenvalue weighted by atomic mass is 79.9. The van der Waals surface area contributed by atoms with E-state index in [1.165, 1.54) is 5.56 Å². The van der Waals surface area contributed by atoms with Crippen LogP contribution in [0, 0.1) is 6.92 Å². The number of nitrogens with one attached hydrogen (secondary N) is 1. The monoisotopic (exact) mass is 345 g/mol. The molecule has 21 heavy (non-hydrogen) atoms. The van der Waals surface area contributed by atoms with Crippen LogP contribution >= 0.6 is 15.9 Å². The highest BCUT2D eigenvalue weighted by molar-refractivity contribution is 9.09. The van der Waals surface area contributed by atoms with Gasteiger partial charge in [-0.2, -0.15) is 0 Å². The lowest BCUT2D eigenvalue weighted by Gasteiger charge is -2.16. The highest BCUT2D eigenvalue weighted by Gasteiger charge is 2.21. The molecule has 1 heterocycles. The second-order valence-electron chi connectivity index (χ2n) is 5.25. The first-order valence-electron chi connectivity index (χ1n) is 6.80. The molecular weight excluding hydrogens is 330 g/mol. The topological polar surface area (TPSA) is 38.3 Å². The number of hydrogen-bond donors (Lipinski definition) is 1. The van der Waals surface area contributed by atoms with E-state index in [1.54, 1.807) is 7.11 Å². The van der Waals surface area contributed by atoms with Gasteiger partial charge in [-0.05, 0) is 30.2 Å². The largest absolute Gasteiger partial charge is 0.496 e. The zero-order valence-electron chi connectivity index (χ0n) is 11.9. The summed E-state index contributed by atoms with van der Waals surface area (Å²) in [5.41, 5.74) is 5.37. The number of fused-ring (bicyclic) bond motifs is 1. The Morgan fingerprint density at radius 2 is 2.05 bits per heavy atom. The first-order chi connectivity index (χ1) is 10.1. The third-order valence-electron chi connectivity index (χ3n) is 3.71. The molecule has 1 amide bonds. The molecule has 2 aromatic carbocycles. The number of carbonyl (C=O) groups is 1. The minimum Gasteiger partial charge on any atom is -0.496 e. The van der Waals surface area contributed by atoms with Gasteiger partial charge in [-0.25, -0.2) is 0 Å². The summed E-state index contributed by atoms with van der Waals surface area (Å²) in [5.74, 6) is 0.915. The Kier molecular flexibility index (Phi) is 3.72. The maximum absolute atomic E-state index is 11.5. The molecule has 1 aliphatic rings. The van der Waals surface area contributed by atoms with Crippen molar-refractivity contribution in [3.63, 3.8) is 0 Å². The molecule has 0 saturated carbocycles. The van der Waals surface area contributed by atoms with Crippen molar-refractivity contribution in [2.45, 2.75) is 18.2 Å². The zero-order valence-corrected chi connectivity index (χ0v) is 13.5. The Bertz CT molecular complexity index is 712. The van der Waals surface area contributed by atoms with Crippen molar-refractivity contribution in [1.82, 2.24) is 0 Å². The summed E-state index contributed by atoms with van der Waals surface area (Å²) in [7, 11) is 1.68. The minimum absolute atomic E-state index is 0.0355. The van der Waals surface area contributed by atoms with E-state index in [2.05, 4.69) is 40.3 Å². The molecule has 1 aliphatic heterocycles. The van der Waals surface area contributed by atoms with Crippen LogP contribution in [-0.2, 0) is 11.2 Å². The zero-order chi connectivity index (χ0) is 15.0. The number of benzene rings is 2. The van der Waals surface area contributed by atoms with Gasteiger partial charge >= 0.3 is 0 Å². The standard InChI is InChI=1S/C17H16BrNO2/c1-10-3-6-15(21-2)13(7-10)17(18)11-4-5-14-12(8-11)9-16(20)19-14/h3-8,17H,9H2,1-2H3,(H,19,20). The maximum Gasteiger partial charge on any atom is 0.228 e. The van der Waals surface area contributed by atoms with Crippen LogP contribution in [0.2, 0.25) is 0 Å². The number of ether oxygens (including phenoxy) is 1. The van der Waals surface area contributed by atoms with Crippen LogP contribution < -0.4 is 10.1 Å². The molecule has 2 aromatic rings. The summed E-state index contributed by atoms with van der Waals surface area (Å²) in [6.45, 7) is 2.06. The molecule has 0 spiro atoms. The Hall–Kier alpha value is -1.81. The van der Waals surface area contributed by atoms with Crippen molar-refractivity contribution >= 4 is 27.5 Å². The Morgan fingerprint density at radius 1 is 1.24 bits per heavy atom. The third-order valence-corrected chi connectivity index (χ3v) is 4.73. The summed E-state index contributed by atoms with van der Waals surface area (Å²) in [5, 5.41) is 2.86. The molecule has 0 radical (unpaired) electrons. The number of halogens is 1. The third kappa shape index (κ3) is 2.68. The summed E-state index contributed by atoms with van der Waals surface area (Å²) < 4.78 is 5.46. The highest BCUT2D eigenvalue weighted by Crippen LogP contribution is 2.38. The van der Waals surface area contributed by atoms with Crippen molar-refractivity contribution in [2.75, 3.05) is 12.4 Å². The van der Waals surface area contributed by atoms with Crippen molar-refractivity contribution in [2.24, 2.45) is 0 Å². The van der Waals surface area contributed by atoms with Crippen molar-refractivity contribution in [3.8, 4) is 5.75 Å². The van der Waals surface area contributed by atoms with Crippen LogP contribution in [-0.4, -0.2) is 13.0 Å². The molecule has 0 aliphatic carbocycles. The van der Waals surface area contributed by atoms with E-state index < -0.39 is 0 Å². The van der Waals surface area contributed by atoms with Crippen LogP contribution in [0.4, 0.5) is 5.69 Å². The van der Waals surface area contributed by atoms with E-state index >= 15 is 0 Å². The minimum atomic E-state index is 0.0355. The van der Waals surface area contributed by atoms with Gasteiger partial charge in [0.1, 0.15) is 5.75 Å². The number of anilines is 1. The lowest BCUT2D eigenvalue weighted by molar-refractivity contribution is -0.115.